The van der Waals surface area contributed by atoms with Crippen LogP contribution in [0.5, 0.6) is 0 Å². The average molecular weight is 226 g/mol. The van der Waals surface area contributed by atoms with Gasteiger partial charge in [-0.25, -0.2) is 4.98 Å². The van der Waals surface area contributed by atoms with Crippen molar-refractivity contribution in [3.63, 3.8) is 0 Å². The number of nitrogens with one attached hydrogen (secondary N) is 1. The second-order valence-electron chi connectivity index (χ2n) is 3.87. The Hall–Kier alpha value is -1.10. The van der Waals surface area contributed by atoms with Crippen LogP contribution in [0.3, 0.4) is 0 Å². The van der Waals surface area contributed by atoms with Crippen LogP contribution in [0, 0.1) is 25.2 Å². The van der Waals surface area contributed by atoms with E-state index in [1.54, 1.807) is 11.3 Å². The van der Waals surface area contributed by atoms with E-state index in [0.29, 0.717) is 0 Å². The minimum Gasteiger partial charge on any atom is -0.387 e. The lowest BCUT2D eigenvalue weighted by Crippen LogP contribution is -2.31. The number of amidine groups is 1. The van der Waals surface area contributed by atoms with Gasteiger partial charge in [-0.3, -0.25) is 5.41 Å². The molecule has 1 unspecified atom stereocenters. The third-order valence-corrected chi connectivity index (χ3v) is 3.61. The van der Waals surface area contributed by atoms with Crippen molar-refractivity contribution in [2.75, 3.05) is 18.5 Å². The van der Waals surface area contributed by atoms with E-state index in [1.165, 1.54) is 4.88 Å². The van der Waals surface area contributed by atoms with Gasteiger partial charge in [-0.2, -0.15) is 0 Å². The van der Waals surface area contributed by atoms with Gasteiger partial charge in [-0.05, 0) is 13.8 Å². The molecule has 1 aromatic heterocycles. The van der Waals surface area contributed by atoms with Crippen molar-refractivity contribution in [2.24, 2.45) is 11.7 Å². The first kappa shape index (κ1) is 12.0. The lowest BCUT2D eigenvalue weighted by atomic mass is 10.1. The van der Waals surface area contributed by atoms with Gasteiger partial charge in [0.05, 0.1) is 11.5 Å². The Bertz CT molecular complexity index is 339. The first-order valence-electron chi connectivity index (χ1n) is 4.91. The molecule has 1 rings (SSSR count). The molecule has 5 heteroatoms. The van der Waals surface area contributed by atoms with Crippen molar-refractivity contribution < 1.29 is 0 Å². The highest BCUT2D eigenvalue weighted by atomic mass is 32.1. The molecule has 0 bridgehead atoms. The second kappa shape index (κ2) is 4.61. The molecule has 0 aromatic carbocycles. The van der Waals surface area contributed by atoms with E-state index >= 15 is 0 Å². The average Bonchev–Trinajstić information content (AvgIpc) is 2.46. The Labute approximate surface area is 94.6 Å². The maximum absolute atomic E-state index is 7.34. The Morgan fingerprint density at radius 2 is 2.20 bits per heavy atom. The summed E-state index contributed by atoms with van der Waals surface area (Å²) in [6, 6.07) is 0. The number of aromatic nitrogens is 1. The Kier molecular flexibility index (Phi) is 3.68. The normalized spacial score (nSPS) is 12.5. The molecule has 84 valence electrons. The highest BCUT2D eigenvalue weighted by molar-refractivity contribution is 7.15. The predicted octanol–water partition coefficient (Wildman–Crippen LogP) is 1.77. The van der Waals surface area contributed by atoms with Crippen LogP contribution >= 0.6 is 11.3 Å². The molecule has 1 atom stereocenters. The fraction of sp³-hybridized carbons (Fsp3) is 0.600. The number of aryl methyl sites for hydroxylation is 2. The van der Waals surface area contributed by atoms with E-state index in [2.05, 4.69) is 16.8 Å². The van der Waals surface area contributed by atoms with Gasteiger partial charge in [-0.1, -0.05) is 6.92 Å². The van der Waals surface area contributed by atoms with Gasteiger partial charge in [0, 0.05) is 24.4 Å². The zero-order valence-corrected chi connectivity index (χ0v) is 10.5. The smallest absolute Gasteiger partial charge is 0.185 e. The topological polar surface area (TPSA) is 66.0 Å². The SMILES string of the molecule is Cc1nc(N(C)CC(C)C(=N)N)sc1C. The molecule has 15 heavy (non-hydrogen) atoms. The van der Waals surface area contributed by atoms with Gasteiger partial charge in [0.1, 0.15) is 0 Å². The number of thiazole rings is 1. The van der Waals surface area contributed by atoms with E-state index in [1.807, 2.05) is 20.9 Å². The highest BCUT2D eigenvalue weighted by Crippen LogP contribution is 2.24. The van der Waals surface area contributed by atoms with Crippen molar-refractivity contribution >= 4 is 22.3 Å². The van der Waals surface area contributed by atoms with Crippen LogP contribution in [0.4, 0.5) is 5.13 Å². The molecule has 0 aliphatic carbocycles. The van der Waals surface area contributed by atoms with Crippen molar-refractivity contribution in [3.8, 4) is 0 Å². The minimum absolute atomic E-state index is 0.0690. The summed E-state index contributed by atoms with van der Waals surface area (Å²) in [6.07, 6.45) is 0. The van der Waals surface area contributed by atoms with Crippen LogP contribution in [0.15, 0.2) is 0 Å². The summed E-state index contributed by atoms with van der Waals surface area (Å²) < 4.78 is 0. The largest absolute Gasteiger partial charge is 0.387 e. The van der Waals surface area contributed by atoms with Gasteiger partial charge in [0.25, 0.3) is 0 Å². The molecule has 1 aromatic rings. The Morgan fingerprint density at radius 1 is 1.60 bits per heavy atom. The molecule has 3 N–H and O–H groups in total. The maximum Gasteiger partial charge on any atom is 0.185 e. The molecule has 0 radical (unpaired) electrons. The van der Waals surface area contributed by atoms with Gasteiger partial charge in [0.2, 0.25) is 0 Å². The maximum atomic E-state index is 7.34. The summed E-state index contributed by atoms with van der Waals surface area (Å²) in [5.74, 6) is 0.298. The van der Waals surface area contributed by atoms with Crippen LogP contribution in [0.25, 0.3) is 0 Å². The van der Waals surface area contributed by atoms with Crippen molar-refractivity contribution in [2.45, 2.75) is 20.8 Å². The van der Waals surface area contributed by atoms with Crippen LogP contribution in [-0.2, 0) is 0 Å². The van der Waals surface area contributed by atoms with Crippen LogP contribution in [-0.4, -0.2) is 24.4 Å². The molecule has 0 saturated heterocycles. The van der Waals surface area contributed by atoms with E-state index < -0.39 is 0 Å². The predicted molar refractivity (Wildman–Crippen MR) is 65.9 cm³/mol. The van der Waals surface area contributed by atoms with E-state index in [9.17, 15) is 0 Å². The fourth-order valence-corrected chi connectivity index (χ4v) is 2.09. The third kappa shape index (κ3) is 2.92. The first-order valence-corrected chi connectivity index (χ1v) is 5.72. The quantitative estimate of drug-likeness (QED) is 0.607. The molecule has 0 amide bonds. The minimum atomic E-state index is 0.0690. The first-order chi connectivity index (χ1) is 6.91. The van der Waals surface area contributed by atoms with E-state index in [-0.39, 0.29) is 11.8 Å². The van der Waals surface area contributed by atoms with Crippen molar-refractivity contribution in [1.82, 2.24) is 4.98 Å². The molecule has 0 saturated carbocycles. The molecular formula is C10H18N4S. The number of nitrogens with two attached hydrogens (primary N) is 1. The Balaban J connectivity index is 2.68. The zero-order chi connectivity index (χ0) is 11.6. The van der Waals surface area contributed by atoms with E-state index in [4.69, 9.17) is 11.1 Å². The van der Waals surface area contributed by atoms with E-state index in [0.717, 1.165) is 17.4 Å². The van der Waals surface area contributed by atoms with Crippen LogP contribution in [0.2, 0.25) is 0 Å². The van der Waals surface area contributed by atoms with Gasteiger partial charge in [-0.15, -0.1) is 11.3 Å². The number of anilines is 1. The summed E-state index contributed by atoms with van der Waals surface area (Å²) in [5.41, 5.74) is 6.52. The molecule has 0 spiro atoms. The lowest BCUT2D eigenvalue weighted by Gasteiger charge is -2.19. The second-order valence-corrected chi connectivity index (χ2v) is 5.06. The van der Waals surface area contributed by atoms with Crippen LogP contribution in [0.1, 0.15) is 17.5 Å². The molecule has 0 fully saturated rings. The van der Waals surface area contributed by atoms with Gasteiger partial charge < -0.3 is 10.6 Å². The molecule has 0 aliphatic heterocycles. The van der Waals surface area contributed by atoms with Crippen LogP contribution < -0.4 is 10.6 Å². The summed E-state index contributed by atoms with van der Waals surface area (Å²) in [7, 11) is 1.98. The van der Waals surface area contributed by atoms with Gasteiger partial charge >= 0.3 is 0 Å². The lowest BCUT2D eigenvalue weighted by molar-refractivity contribution is 0.727. The fourth-order valence-electron chi connectivity index (χ4n) is 1.21. The molecule has 1 heterocycles. The highest BCUT2D eigenvalue weighted by Gasteiger charge is 2.13. The summed E-state index contributed by atoms with van der Waals surface area (Å²) in [6.45, 7) is 6.77. The summed E-state index contributed by atoms with van der Waals surface area (Å²) in [4.78, 5) is 7.75. The standard InChI is InChI=1S/C10H18N4S/c1-6(9(11)12)5-14(4)10-13-7(2)8(3)15-10/h6H,5H2,1-4H3,(H3,11,12). The monoisotopic (exact) mass is 226 g/mol. The summed E-state index contributed by atoms with van der Waals surface area (Å²) in [5, 5.41) is 8.34. The molecule has 4 nitrogen and oxygen atoms in total. The molecule has 0 aliphatic rings. The van der Waals surface area contributed by atoms with Gasteiger partial charge in [0.15, 0.2) is 5.13 Å². The third-order valence-electron chi connectivity index (χ3n) is 2.42. The van der Waals surface area contributed by atoms with Crippen molar-refractivity contribution in [3.05, 3.63) is 10.6 Å². The summed E-state index contributed by atoms with van der Waals surface area (Å²) >= 11 is 1.68. The number of hydrogen-bond donors (Lipinski definition) is 2. The number of nitrogens with zero attached hydrogens (tertiary/aromatic N) is 2. The number of rotatable bonds is 4. The van der Waals surface area contributed by atoms with Crippen molar-refractivity contribution in [1.29, 1.82) is 5.41 Å². The molecular weight excluding hydrogens is 208 g/mol. The number of hydrogen-bond acceptors (Lipinski definition) is 4. The zero-order valence-electron chi connectivity index (χ0n) is 9.66. The Morgan fingerprint density at radius 3 is 2.60 bits per heavy atom.